The van der Waals surface area contributed by atoms with Gasteiger partial charge in [0.25, 0.3) is 0 Å². The number of methoxy groups -OCH3 is 1. The van der Waals surface area contributed by atoms with Crippen molar-refractivity contribution in [2.75, 3.05) is 27.2 Å². The molecule has 0 saturated carbocycles. The van der Waals surface area contributed by atoms with Crippen molar-refractivity contribution in [1.29, 1.82) is 0 Å². The second kappa shape index (κ2) is 8.45. The van der Waals surface area contributed by atoms with E-state index in [0.717, 1.165) is 23.3 Å². The predicted molar refractivity (Wildman–Crippen MR) is 105 cm³/mol. The number of likely N-dealkylation sites (N-methyl/N-ethyl adjacent to an activating group) is 1. The van der Waals surface area contributed by atoms with Crippen LogP contribution in [0.4, 0.5) is 13.2 Å². The maximum absolute atomic E-state index is 13.0. The molecule has 156 valence electrons. The van der Waals surface area contributed by atoms with E-state index in [1.807, 2.05) is 43.1 Å². The first kappa shape index (κ1) is 21.2. The Bertz CT molecular complexity index is 852. The molecule has 1 heterocycles. The molecule has 3 unspecified atom stereocenters. The summed E-state index contributed by atoms with van der Waals surface area (Å²) in [7, 11) is 3.50. The second-order valence-corrected chi connectivity index (χ2v) is 7.56. The fourth-order valence-electron chi connectivity index (χ4n) is 3.84. The number of carbonyl (C=O) groups is 1. The van der Waals surface area contributed by atoms with E-state index >= 15 is 0 Å². The SMILES string of the molecule is COc1cccc(C(C)NC(=O)C2CN(C)CC2c2ccc(C(F)(F)F)cc2)c1. The molecule has 0 bridgehead atoms. The molecular formula is C22H25F3N2O2. The molecule has 1 aliphatic heterocycles. The number of hydrogen-bond acceptors (Lipinski definition) is 3. The van der Waals surface area contributed by atoms with Gasteiger partial charge in [0.1, 0.15) is 5.75 Å². The first-order valence-electron chi connectivity index (χ1n) is 9.49. The fraction of sp³-hybridized carbons (Fsp3) is 0.409. The third kappa shape index (κ3) is 4.90. The van der Waals surface area contributed by atoms with Crippen molar-refractivity contribution in [3.05, 3.63) is 65.2 Å². The van der Waals surface area contributed by atoms with E-state index in [0.29, 0.717) is 18.8 Å². The third-order valence-corrected chi connectivity index (χ3v) is 5.46. The zero-order chi connectivity index (χ0) is 21.2. The van der Waals surface area contributed by atoms with Gasteiger partial charge in [-0.2, -0.15) is 13.2 Å². The number of halogens is 3. The molecule has 1 amide bonds. The molecule has 1 N–H and O–H groups in total. The number of likely N-dealkylation sites (tertiary alicyclic amines) is 1. The van der Waals surface area contributed by atoms with Gasteiger partial charge in [0.15, 0.2) is 0 Å². The Labute approximate surface area is 168 Å². The van der Waals surface area contributed by atoms with E-state index in [1.165, 1.54) is 12.1 Å². The summed E-state index contributed by atoms with van der Waals surface area (Å²) in [6, 6.07) is 12.4. The summed E-state index contributed by atoms with van der Waals surface area (Å²) in [4.78, 5) is 15.0. The number of rotatable bonds is 5. The van der Waals surface area contributed by atoms with Gasteiger partial charge >= 0.3 is 6.18 Å². The smallest absolute Gasteiger partial charge is 0.416 e. The van der Waals surface area contributed by atoms with Crippen LogP contribution in [-0.2, 0) is 11.0 Å². The Hall–Kier alpha value is -2.54. The van der Waals surface area contributed by atoms with Gasteiger partial charge in [-0.1, -0.05) is 24.3 Å². The van der Waals surface area contributed by atoms with Gasteiger partial charge in [0.05, 0.1) is 24.6 Å². The van der Waals surface area contributed by atoms with E-state index < -0.39 is 11.7 Å². The lowest BCUT2D eigenvalue weighted by molar-refractivity contribution is -0.137. The lowest BCUT2D eigenvalue weighted by Crippen LogP contribution is -2.36. The standard InChI is InChI=1S/C22H25F3N2O2/c1-14(16-5-4-6-18(11-16)29-3)26-21(28)20-13-27(2)12-19(20)15-7-9-17(10-8-15)22(23,24)25/h4-11,14,19-20H,12-13H2,1-3H3,(H,26,28). The van der Waals surface area contributed by atoms with Crippen LogP contribution in [0.1, 0.15) is 35.6 Å². The van der Waals surface area contributed by atoms with Gasteiger partial charge in [-0.15, -0.1) is 0 Å². The highest BCUT2D eigenvalue weighted by Gasteiger charge is 2.38. The quantitative estimate of drug-likeness (QED) is 0.808. The lowest BCUT2D eigenvalue weighted by Gasteiger charge is -2.22. The van der Waals surface area contributed by atoms with Gasteiger partial charge in [-0.05, 0) is 49.4 Å². The summed E-state index contributed by atoms with van der Waals surface area (Å²) in [5, 5.41) is 3.04. The van der Waals surface area contributed by atoms with E-state index in [4.69, 9.17) is 4.74 Å². The molecule has 29 heavy (non-hydrogen) atoms. The Morgan fingerprint density at radius 2 is 1.86 bits per heavy atom. The Balaban J connectivity index is 1.74. The van der Waals surface area contributed by atoms with Gasteiger partial charge in [0.2, 0.25) is 5.91 Å². The van der Waals surface area contributed by atoms with Crippen LogP contribution in [0.3, 0.4) is 0 Å². The van der Waals surface area contributed by atoms with Gasteiger partial charge in [-0.3, -0.25) is 4.79 Å². The van der Waals surface area contributed by atoms with Gasteiger partial charge in [-0.25, -0.2) is 0 Å². The fourth-order valence-corrected chi connectivity index (χ4v) is 3.84. The summed E-state index contributed by atoms with van der Waals surface area (Å²) < 4.78 is 43.8. The number of benzene rings is 2. The van der Waals surface area contributed by atoms with E-state index in [1.54, 1.807) is 7.11 Å². The minimum absolute atomic E-state index is 0.102. The zero-order valence-corrected chi connectivity index (χ0v) is 16.7. The molecule has 2 aromatic rings. The number of nitrogens with one attached hydrogen (secondary N) is 1. The summed E-state index contributed by atoms with van der Waals surface area (Å²) in [6.07, 6.45) is -4.37. The molecule has 0 aliphatic carbocycles. The molecule has 2 aromatic carbocycles. The molecule has 0 radical (unpaired) electrons. The number of alkyl halides is 3. The van der Waals surface area contributed by atoms with Crippen LogP contribution < -0.4 is 10.1 Å². The van der Waals surface area contributed by atoms with Crippen molar-refractivity contribution in [3.63, 3.8) is 0 Å². The van der Waals surface area contributed by atoms with Gasteiger partial charge in [0, 0.05) is 19.0 Å². The van der Waals surface area contributed by atoms with Crippen LogP contribution in [0.2, 0.25) is 0 Å². The highest BCUT2D eigenvalue weighted by atomic mass is 19.4. The van der Waals surface area contributed by atoms with Crippen molar-refractivity contribution in [3.8, 4) is 5.75 Å². The molecular weight excluding hydrogens is 381 g/mol. The minimum Gasteiger partial charge on any atom is -0.497 e. The van der Waals surface area contributed by atoms with Crippen molar-refractivity contribution < 1.29 is 22.7 Å². The molecule has 3 rings (SSSR count). The number of ether oxygens (including phenoxy) is 1. The monoisotopic (exact) mass is 406 g/mol. The molecule has 7 heteroatoms. The highest BCUT2D eigenvalue weighted by molar-refractivity contribution is 5.81. The first-order chi connectivity index (χ1) is 13.7. The summed E-state index contributed by atoms with van der Waals surface area (Å²) in [5.41, 5.74) is 0.993. The Morgan fingerprint density at radius 3 is 2.48 bits per heavy atom. The van der Waals surface area contributed by atoms with E-state index in [2.05, 4.69) is 5.32 Å². The van der Waals surface area contributed by atoms with E-state index in [-0.39, 0.29) is 23.8 Å². The maximum Gasteiger partial charge on any atom is 0.416 e. The van der Waals surface area contributed by atoms with Crippen molar-refractivity contribution >= 4 is 5.91 Å². The number of hydrogen-bond donors (Lipinski definition) is 1. The van der Waals surface area contributed by atoms with Crippen molar-refractivity contribution in [2.24, 2.45) is 5.92 Å². The first-order valence-corrected chi connectivity index (χ1v) is 9.49. The zero-order valence-electron chi connectivity index (χ0n) is 16.7. The molecule has 1 saturated heterocycles. The molecule has 1 fully saturated rings. The van der Waals surface area contributed by atoms with Crippen LogP contribution in [0.25, 0.3) is 0 Å². The van der Waals surface area contributed by atoms with Gasteiger partial charge < -0.3 is 15.0 Å². The average Bonchev–Trinajstić information content (AvgIpc) is 3.09. The number of nitrogens with zero attached hydrogens (tertiary/aromatic N) is 1. The molecule has 3 atom stereocenters. The Kier molecular flexibility index (Phi) is 6.17. The highest BCUT2D eigenvalue weighted by Crippen LogP contribution is 2.35. The van der Waals surface area contributed by atoms with Crippen LogP contribution in [0.5, 0.6) is 5.75 Å². The topological polar surface area (TPSA) is 41.6 Å². The largest absolute Gasteiger partial charge is 0.497 e. The minimum atomic E-state index is -4.37. The lowest BCUT2D eigenvalue weighted by atomic mass is 9.87. The van der Waals surface area contributed by atoms with Crippen LogP contribution in [0, 0.1) is 5.92 Å². The van der Waals surface area contributed by atoms with Crippen LogP contribution in [-0.4, -0.2) is 38.1 Å². The third-order valence-electron chi connectivity index (χ3n) is 5.46. The van der Waals surface area contributed by atoms with E-state index in [9.17, 15) is 18.0 Å². The van der Waals surface area contributed by atoms with Crippen molar-refractivity contribution in [2.45, 2.75) is 25.1 Å². The number of carbonyl (C=O) groups excluding carboxylic acids is 1. The predicted octanol–water partition coefficient (Wildman–Crippen LogP) is 4.24. The summed E-state index contributed by atoms with van der Waals surface area (Å²) in [5.74, 6) is 0.131. The van der Waals surface area contributed by atoms with Crippen molar-refractivity contribution in [1.82, 2.24) is 10.2 Å². The maximum atomic E-state index is 13.0. The van der Waals surface area contributed by atoms with Crippen LogP contribution in [0.15, 0.2) is 48.5 Å². The molecule has 4 nitrogen and oxygen atoms in total. The van der Waals surface area contributed by atoms with Crippen LogP contribution >= 0.6 is 0 Å². The Morgan fingerprint density at radius 1 is 1.17 bits per heavy atom. The summed E-state index contributed by atoms with van der Waals surface area (Å²) in [6.45, 7) is 3.08. The second-order valence-electron chi connectivity index (χ2n) is 7.56. The number of amides is 1. The molecule has 0 aromatic heterocycles. The average molecular weight is 406 g/mol. The molecule has 1 aliphatic rings. The normalized spacial score (nSPS) is 21.0. The summed E-state index contributed by atoms with van der Waals surface area (Å²) >= 11 is 0. The molecule has 0 spiro atoms.